The van der Waals surface area contributed by atoms with Crippen molar-refractivity contribution >= 4 is 23.7 Å². The predicted octanol–water partition coefficient (Wildman–Crippen LogP) is 2.12. The fourth-order valence-corrected chi connectivity index (χ4v) is 4.45. The zero-order valence-corrected chi connectivity index (χ0v) is 19.3. The molecule has 2 rings (SSSR count). The number of hydrogen-bond donors (Lipinski definition) is 3. The van der Waals surface area contributed by atoms with Crippen LogP contribution < -0.4 is 0 Å². The third-order valence-corrected chi connectivity index (χ3v) is 6.08. The molecule has 33 heavy (non-hydrogen) atoms. The predicted molar refractivity (Wildman–Crippen MR) is 121 cm³/mol. The van der Waals surface area contributed by atoms with E-state index >= 15 is 0 Å². The summed E-state index contributed by atoms with van der Waals surface area (Å²) in [6.45, 7) is 3.00. The molecule has 1 aromatic rings. The molecule has 0 unspecified atom stereocenters. The highest BCUT2D eigenvalue weighted by Gasteiger charge is 2.36. The summed E-state index contributed by atoms with van der Waals surface area (Å²) in [5.74, 6) is -3.12. The molecule has 0 bridgehead atoms. The van der Waals surface area contributed by atoms with Crippen molar-refractivity contribution < 1.29 is 34.5 Å². The first-order chi connectivity index (χ1) is 15.6. The van der Waals surface area contributed by atoms with Crippen molar-refractivity contribution in [1.29, 1.82) is 0 Å². The Hall–Kier alpha value is -2.78. The van der Waals surface area contributed by atoms with Gasteiger partial charge >= 0.3 is 17.9 Å². The van der Waals surface area contributed by atoms with Crippen LogP contribution in [0.25, 0.3) is 0 Å². The molecule has 9 nitrogen and oxygen atoms in total. The van der Waals surface area contributed by atoms with Gasteiger partial charge in [-0.2, -0.15) is 0 Å². The second-order valence-electron chi connectivity index (χ2n) is 9.02. The van der Waals surface area contributed by atoms with Gasteiger partial charge in [0.15, 0.2) is 0 Å². The fraction of sp³-hybridized carbons (Fsp3) is 0.583. The van der Waals surface area contributed by atoms with E-state index in [0.717, 1.165) is 24.0 Å². The number of carbonyl (C=O) groups excluding carboxylic acids is 1. The summed E-state index contributed by atoms with van der Waals surface area (Å²) < 4.78 is 0. The summed E-state index contributed by atoms with van der Waals surface area (Å²) in [6.07, 6.45) is 3.31. The number of Topliss-reactive ketones (excluding diaryl/α,β-unsaturated/α-hetero) is 1. The van der Waals surface area contributed by atoms with Gasteiger partial charge in [-0.25, -0.2) is 0 Å². The van der Waals surface area contributed by atoms with Gasteiger partial charge in [0.05, 0.1) is 19.6 Å². The molecule has 0 spiro atoms. The lowest BCUT2D eigenvalue weighted by molar-refractivity contribution is -0.146. The number of aliphatic carboxylic acids is 3. The molecule has 182 valence electrons. The molecule has 0 amide bonds. The molecule has 1 aromatic carbocycles. The summed E-state index contributed by atoms with van der Waals surface area (Å²) >= 11 is 0. The number of carbonyl (C=O) groups is 4. The normalized spacial score (nSPS) is 18.6. The number of ketones is 1. The van der Waals surface area contributed by atoms with Crippen molar-refractivity contribution in [2.75, 3.05) is 19.6 Å². The van der Waals surface area contributed by atoms with Crippen LogP contribution in [0.3, 0.4) is 0 Å². The van der Waals surface area contributed by atoms with Crippen LogP contribution in [-0.4, -0.2) is 80.5 Å². The van der Waals surface area contributed by atoms with Crippen LogP contribution in [0.2, 0.25) is 0 Å². The maximum atomic E-state index is 12.0. The van der Waals surface area contributed by atoms with E-state index in [4.69, 9.17) is 0 Å². The lowest BCUT2D eigenvalue weighted by Gasteiger charge is -2.44. The minimum atomic E-state index is -1.11. The van der Waals surface area contributed by atoms with Gasteiger partial charge in [-0.3, -0.25) is 29.0 Å². The Morgan fingerprint density at radius 3 is 1.67 bits per heavy atom. The molecular formula is C24H34N2O7. The quantitative estimate of drug-likeness (QED) is 0.403. The molecule has 0 heterocycles. The average Bonchev–Trinajstić information content (AvgIpc) is 2.73. The van der Waals surface area contributed by atoms with Crippen molar-refractivity contribution in [3.63, 3.8) is 0 Å². The topological polar surface area (TPSA) is 135 Å². The van der Waals surface area contributed by atoms with Gasteiger partial charge in [0, 0.05) is 31.0 Å². The Bertz CT molecular complexity index is 822. The van der Waals surface area contributed by atoms with Gasteiger partial charge in [0.1, 0.15) is 5.78 Å². The van der Waals surface area contributed by atoms with Crippen molar-refractivity contribution in [2.24, 2.45) is 5.92 Å². The Morgan fingerprint density at radius 1 is 0.788 bits per heavy atom. The highest BCUT2D eigenvalue weighted by atomic mass is 16.4. The summed E-state index contributed by atoms with van der Waals surface area (Å²) in [5, 5.41) is 28.1. The van der Waals surface area contributed by atoms with Crippen LogP contribution in [0, 0.1) is 5.92 Å². The molecule has 1 fully saturated rings. The van der Waals surface area contributed by atoms with Gasteiger partial charge < -0.3 is 15.3 Å². The Morgan fingerprint density at radius 2 is 1.21 bits per heavy atom. The van der Waals surface area contributed by atoms with Crippen molar-refractivity contribution in [2.45, 2.75) is 64.6 Å². The van der Waals surface area contributed by atoms with Crippen LogP contribution in [0.5, 0.6) is 0 Å². The summed E-state index contributed by atoms with van der Waals surface area (Å²) in [7, 11) is 0. The Balaban J connectivity index is 2.23. The molecular weight excluding hydrogens is 428 g/mol. The van der Waals surface area contributed by atoms with Crippen molar-refractivity contribution in [1.82, 2.24) is 9.80 Å². The smallest absolute Gasteiger partial charge is 0.317 e. The fourth-order valence-electron chi connectivity index (χ4n) is 4.45. The number of rotatable bonds is 13. The maximum Gasteiger partial charge on any atom is 0.317 e. The largest absolute Gasteiger partial charge is 0.480 e. The molecule has 0 aromatic heterocycles. The monoisotopic (exact) mass is 462 g/mol. The average molecular weight is 463 g/mol. The van der Waals surface area contributed by atoms with Gasteiger partial charge in [-0.15, -0.1) is 0 Å². The van der Waals surface area contributed by atoms with Gasteiger partial charge in [0.25, 0.3) is 0 Å². The highest BCUT2D eigenvalue weighted by Crippen LogP contribution is 2.28. The highest BCUT2D eigenvalue weighted by molar-refractivity contribution is 5.82. The van der Waals surface area contributed by atoms with E-state index < -0.39 is 31.0 Å². The molecule has 9 heteroatoms. The zero-order chi connectivity index (χ0) is 24.5. The number of hydrogen-bond acceptors (Lipinski definition) is 6. The molecule has 1 aliphatic carbocycles. The molecule has 0 radical (unpaired) electrons. The minimum Gasteiger partial charge on any atom is -0.480 e. The number of benzene rings is 1. The number of carboxylic acids is 3. The van der Waals surface area contributed by atoms with Gasteiger partial charge in [-0.05, 0) is 24.0 Å². The third kappa shape index (κ3) is 8.58. The van der Waals surface area contributed by atoms with Crippen LogP contribution in [0.1, 0.15) is 50.7 Å². The van der Waals surface area contributed by atoms with E-state index in [1.807, 2.05) is 38.1 Å². The molecule has 1 aliphatic rings. The zero-order valence-electron chi connectivity index (χ0n) is 19.3. The summed E-state index contributed by atoms with van der Waals surface area (Å²) in [4.78, 5) is 49.6. The van der Waals surface area contributed by atoms with Crippen molar-refractivity contribution in [3.05, 3.63) is 35.4 Å². The first-order valence-corrected chi connectivity index (χ1v) is 11.3. The Labute approximate surface area is 194 Å². The summed E-state index contributed by atoms with van der Waals surface area (Å²) in [5.41, 5.74) is 1.77. The maximum absolute atomic E-state index is 12.0. The van der Waals surface area contributed by atoms with Gasteiger partial charge in [0.2, 0.25) is 0 Å². The number of carboxylic acid groups (broad SMARTS) is 3. The lowest BCUT2D eigenvalue weighted by atomic mass is 9.87. The first-order valence-electron chi connectivity index (χ1n) is 11.3. The van der Waals surface area contributed by atoms with Crippen LogP contribution in [0.4, 0.5) is 0 Å². The standard InChI is InChI=1S/C24H34N2O7/c1-16(2)21(27)11-17-7-9-18(10-8-17)12-25(13-22(28)29)19-5-3-4-6-20(19)26(14-23(30)31)15-24(32)33/h7-10,16,19-20H,3-6,11-15H2,1-2H3,(H,28,29)(H,30,31)(H,32,33)/t19-,20-/m0/s1. The SMILES string of the molecule is CC(C)C(=O)Cc1ccc(CN(CC(=O)O)[C@H]2CCCC[C@@H]2N(CC(=O)O)CC(=O)O)cc1. The first kappa shape index (κ1) is 26.5. The molecule has 2 atom stereocenters. The second kappa shape index (κ2) is 12.5. The number of nitrogens with zero attached hydrogens (tertiary/aromatic N) is 2. The Kier molecular flexibility index (Phi) is 9.99. The molecule has 1 saturated carbocycles. The van der Waals surface area contributed by atoms with E-state index in [-0.39, 0.29) is 30.3 Å². The van der Waals surface area contributed by atoms with Gasteiger partial charge in [-0.1, -0.05) is 51.0 Å². The third-order valence-electron chi connectivity index (χ3n) is 6.08. The molecule has 0 saturated heterocycles. The molecule has 0 aliphatic heterocycles. The minimum absolute atomic E-state index is 0.0430. The van der Waals surface area contributed by atoms with Crippen LogP contribution in [0.15, 0.2) is 24.3 Å². The molecule has 3 N–H and O–H groups in total. The van der Waals surface area contributed by atoms with Crippen LogP contribution >= 0.6 is 0 Å². The van der Waals surface area contributed by atoms with E-state index in [9.17, 15) is 34.5 Å². The summed E-state index contributed by atoms with van der Waals surface area (Å²) in [6, 6.07) is 6.84. The lowest BCUT2D eigenvalue weighted by Crippen LogP contribution is -2.56. The van der Waals surface area contributed by atoms with E-state index in [2.05, 4.69) is 0 Å². The second-order valence-corrected chi connectivity index (χ2v) is 9.02. The van der Waals surface area contributed by atoms with E-state index in [0.29, 0.717) is 25.8 Å². The van der Waals surface area contributed by atoms with E-state index in [1.165, 1.54) is 4.90 Å². The van der Waals surface area contributed by atoms with Crippen molar-refractivity contribution in [3.8, 4) is 0 Å². The van der Waals surface area contributed by atoms with Crippen LogP contribution in [-0.2, 0) is 32.1 Å². The van der Waals surface area contributed by atoms with E-state index in [1.54, 1.807) is 4.90 Å².